The van der Waals surface area contributed by atoms with Crippen molar-refractivity contribution in [3.63, 3.8) is 0 Å². The summed E-state index contributed by atoms with van der Waals surface area (Å²) in [6, 6.07) is 0. The third kappa shape index (κ3) is 7.37. The molecule has 0 saturated carbocycles. The first kappa shape index (κ1) is 14.0. The molecule has 2 atom stereocenters. The molecule has 1 N–H and O–H groups in total. The SMILES string of the molecule is CC(C)CCCC(C)CC(O)C(C)C. The van der Waals surface area contributed by atoms with Crippen LogP contribution in [0.15, 0.2) is 0 Å². The number of aliphatic hydroxyl groups excluding tert-OH is 1. The number of hydrogen-bond acceptors (Lipinski definition) is 1. The maximum absolute atomic E-state index is 9.71. The molecular weight excluding hydrogens is 172 g/mol. The smallest absolute Gasteiger partial charge is 0.0565 e. The van der Waals surface area contributed by atoms with Crippen molar-refractivity contribution in [2.45, 2.75) is 66.4 Å². The lowest BCUT2D eigenvalue weighted by Crippen LogP contribution is -2.18. The Hall–Kier alpha value is -0.0400. The van der Waals surface area contributed by atoms with E-state index in [-0.39, 0.29) is 6.10 Å². The largest absolute Gasteiger partial charge is 0.393 e. The van der Waals surface area contributed by atoms with Crippen LogP contribution in [0.4, 0.5) is 0 Å². The van der Waals surface area contributed by atoms with Gasteiger partial charge in [0.15, 0.2) is 0 Å². The van der Waals surface area contributed by atoms with Crippen molar-refractivity contribution in [1.82, 2.24) is 0 Å². The van der Waals surface area contributed by atoms with E-state index in [2.05, 4.69) is 34.6 Å². The molecule has 0 aliphatic rings. The predicted molar refractivity (Wildman–Crippen MR) is 63.3 cm³/mol. The van der Waals surface area contributed by atoms with Crippen LogP contribution in [0, 0.1) is 17.8 Å². The molecule has 0 bridgehead atoms. The quantitative estimate of drug-likeness (QED) is 0.661. The first-order valence-electron chi connectivity index (χ1n) is 6.11. The molecule has 0 amide bonds. The summed E-state index contributed by atoms with van der Waals surface area (Å²) >= 11 is 0. The molecule has 0 fully saturated rings. The third-order valence-corrected chi connectivity index (χ3v) is 2.89. The summed E-state index contributed by atoms with van der Waals surface area (Å²) in [6.45, 7) is 11.0. The van der Waals surface area contributed by atoms with Crippen LogP contribution < -0.4 is 0 Å². The monoisotopic (exact) mass is 200 g/mol. The van der Waals surface area contributed by atoms with Gasteiger partial charge in [0, 0.05) is 0 Å². The Morgan fingerprint density at radius 1 is 0.929 bits per heavy atom. The van der Waals surface area contributed by atoms with Gasteiger partial charge in [0.1, 0.15) is 0 Å². The van der Waals surface area contributed by atoms with Gasteiger partial charge in [-0.1, -0.05) is 53.9 Å². The van der Waals surface area contributed by atoms with Crippen molar-refractivity contribution in [1.29, 1.82) is 0 Å². The number of hydrogen-bond donors (Lipinski definition) is 1. The minimum Gasteiger partial charge on any atom is -0.393 e. The van der Waals surface area contributed by atoms with Gasteiger partial charge >= 0.3 is 0 Å². The second-order valence-corrected chi connectivity index (χ2v) is 5.48. The maximum Gasteiger partial charge on any atom is 0.0565 e. The fraction of sp³-hybridized carbons (Fsp3) is 1.00. The first-order valence-corrected chi connectivity index (χ1v) is 6.11. The molecule has 0 saturated heterocycles. The van der Waals surface area contributed by atoms with E-state index in [9.17, 15) is 5.11 Å². The molecule has 2 unspecified atom stereocenters. The highest BCUT2D eigenvalue weighted by Gasteiger charge is 2.13. The van der Waals surface area contributed by atoms with Crippen molar-refractivity contribution in [2.75, 3.05) is 0 Å². The van der Waals surface area contributed by atoms with Gasteiger partial charge in [-0.2, -0.15) is 0 Å². The first-order chi connectivity index (χ1) is 6.43. The Labute approximate surface area is 89.9 Å². The topological polar surface area (TPSA) is 20.2 Å². The van der Waals surface area contributed by atoms with Gasteiger partial charge in [0.25, 0.3) is 0 Å². The van der Waals surface area contributed by atoms with Crippen LogP contribution in [0.1, 0.15) is 60.3 Å². The van der Waals surface area contributed by atoms with E-state index in [0.29, 0.717) is 11.8 Å². The Morgan fingerprint density at radius 2 is 1.50 bits per heavy atom. The van der Waals surface area contributed by atoms with Crippen molar-refractivity contribution in [2.24, 2.45) is 17.8 Å². The van der Waals surface area contributed by atoms with Crippen molar-refractivity contribution < 1.29 is 5.11 Å². The van der Waals surface area contributed by atoms with E-state index in [1.807, 2.05) is 0 Å². The summed E-state index contributed by atoms with van der Waals surface area (Å²) in [5.74, 6) is 1.89. The molecule has 0 heterocycles. The number of aliphatic hydroxyl groups is 1. The molecule has 0 rings (SSSR count). The Bertz CT molecular complexity index is 129. The van der Waals surface area contributed by atoms with Crippen molar-refractivity contribution in [3.8, 4) is 0 Å². The summed E-state index contributed by atoms with van der Waals surface area (Å²) in [6.07, 6.45) is 4.76. The molecule has 1 nitrogen and oxygen atoms in total. The van der Waals surface area contributed by atoms with Gasteiger partial charge in [-0.25, -0.2) is 0 Å². The van der Waals surface area contributed by atoms with Gasteiger partial charge in [-0.3, -0.25) is 0 Å². The van der Waals surface area contributed by atoms with Gasteiger partial charge in [-0.05, 0) is 24.2 Å². The molecule has 0 aliphatic heterocycles. The summed E-state index contributed by atoms with van der Waals surface area (Å²) in [5.41, 5.74) is 0. The molecule has 86 valence electrons. The lowest BCUT2D eigenvalue weighted by Gasteiger charge is -2.19. The average Bonchev–Trinajstić information content (AvgIpc) is 2.02. The zero-order valence-electron chi connectivity index (χ0n) is 10.6. The van der Waals surface area contributed by atoms with Gasteiger partial charge < -0.3 is 5.11 Å². The fourth-order valence-corrected chi connectivity index (χ4v) is 1.68. The van der Waals surface area contributed by atoms with Gasteiger partial charge in [-0.15, -0.1) is 0 Å². The molecular formula is C13H28O. The van der Waals surface area contributed by atoms with Crippen LogP contribution in [0.25, 0.3) is 0 Å². The van der Waals surface area contributed by atoms with E-state index >= 15 is 0 Å². The lowest BCUT2D eigenvalue weighted by molar-refractivity contribution is 0.0978. The van der Waals surface area contributed by atoms with Gasteiger partial charge in [0.2, 0.25) is 0 Å². The maximum atomic E-state index is 9.71. The molecule has 0 aromatic heterocycles. The Morgan fingerprint density at radius 3 is 1.93 bits per heavy atom. The van der Waals surface area contributed by atoms with Crippen LogP contribution >= 0.6 is 0 Å². The summed E-state index contributed by atoms with van der Waals surface area (Å²) < 4.78 is 0. The van der Waals surface area contributed by atoms with E-state index < -0.39 is 0 Å². The van der Waals surface area contributed by atoms with Crippen molar-refractivity contribution >= 4 is 0 Å². The summed E-state index contributed by atoms with van der Waals surface area (Å²) in [5, 5.41) is 9.71. The summed E-state index contributed by atoms with van der Waals surface area (Å²) in [7, 11) is 0. The minimum absolute atomic E-state index is 0.107. The molecule has 1 heteroatoms. The minimum atomic E-state index is -0.107. The van der Waals surface area contributed by atoms with E-state index in [1.54, 1.807) is 0 Å². The zero-order valence-corrected chi connectivity index (χ0v) is 10.6. The molecule has 0 aromatic rings. The van der Waals surface area contributed by atoms with Crippen LogP contribution in [0.3, 0.4) is 0 Å². The highest BCUT2D eigenvalue weighted by Crippen LogP contribution is 2.19. The second kappa shape index (κ2) is 7.28. The highest BCUT2D eigenvalue weighted by atomic mass is 16.3. The van der Waals surface area contributed by atoms with E-state index in [0.717, 1.165) is 12.3 Å². The average molecular weight is 200 g/mol. The zero-order chi connectivity index (χ0) is 11.1. The highest BCUT2D eigenvalue weighted by molar-refractivity contribution is 4.65. The number of rotatable bonds is 7. The molecule has 0 aromatic carbocycles. The third-order valence-electron chi connectivity index (χ3n) is 2.89. The van der Waals surface area contributed by atoms with Crippen molar-refractivity contribution in [3.05, 3.63) is 0 Å². The van der Waals surface area contributed by atoms with E-state index in [1.165, 1.54) is 19.3 Å². The van der Waals surface area contributed by atoms with Crippen LogP contribution in [-0.2, 0) is 0 Å². The van der Waals surface area contributed by atoms with Gasteiger partial charge in [0.05, 0.1) is 6.10 Å². The Balaban J connectivity index is 3.50. The Kier molecular flexibility index (Phi) is 7.26. The molecule has 0 radical (unpaired) electrons. The molecule has 0 spiro atoms. The fourth-order valence-electron chi connectivity index (χ4n) is 1.68. The molecule has 14 heavy (non-hydrogen) atoms. The predicted octanol–water partition coefficient (Wildman–Crippen LogP) is 3.86. The molecule has 0 aliphatic carbocycles. The van der Waals surface area contributed by atoms with Crippen LogP contribution in [0.5, 0.6) is 0 Å². The van der Waals surface area contributed by atoms with Crippen LogP contribution in [0.2, 0.25) is 0 Å². The van der Waals surface area contributed by atoms with E-state index in [4.69, 9.17) is 0 Å². The normalized spacial score (nSPS) is 16.3. The second-order valence-electron chi connectivity index (χ2n) is 5.48. The summed E-state index contributed by atoms with van der Waals surface area (Å²) in [4.78, 5) is 0. The standard InChI is InChI=1S/C13H28O/c1-10(2)7-6-8-12(5)9-13(14)11(3)4/h10-14H,6-9H2,1-5H3. The lowest BCUT2D eigenvalue weighted by atomic mass is 9.91. The van der Waals surface area contributed by atoms with Crippen LogP contribution in [-0.4, -0.2) is 11.2 Å².